The van der Waals surface area contributed by atoms with E-state index in [1.807, 2.05) is 0 Å². The number of carbonyl (C=O) groups excluding carboxylic acids is 3. The van der Waals surface area contributed by atoms with E-state index in [4.69, 9.17) is 14.2 Å². The van der Waals surface area contributed by atoms with Gasteiger partial charge in [-0.05, 0) is 89.9 Å². The molecule has 0 aromatic rings. The summed E-state index contributed by atoms with van der Waals surface area (Å²) in [5.41, 5.74) is 0. The smallest absolute Gasteiger partial charge is 0.306 e. The monoisotopic (exact) mass is 935 g/mol. The van der Waals surface area contributed by atoms with Crippen molar-refractivity contribution in [2.45, 2.75) is 284 Å². The first-order chi connectivity index (χ1) is 33.0. The van der Waals surface area contributed by atoms with Gasteiger partial charge >= 0.3 is 17.9 Å². The molecule has 0 saturated carbocycles. The molecule has 0 aliphatic rings. The van der Waals surface area contributed by atoms with Crippen molar-refractivity contribution in [1.29, 1.82) is 0 Å². The highest BCUT2D eigenvalue weighted by Gasteiger charge is 2.19. The van der Waals surface area contributed by atoms with E-state index in [0.29, 0.717) is 19.3 Å². The molecule has 0 heterocycles. The highest BCUT2D eigenvalue weighted by Crippen LogP contribution is 2.15. The van der Waals surface area contributed by atoms with Crippen LogP contribution in [0.15, 0.2) is 72.9 Å². The predicted molar refractivity (Wildman–Crippen MR) is 288 cm³/mol. The Morgan fingerprint density at radius 3 is 0.940 bits per heavy atom. The van der Waals surface area contributed by atoms with E-state index in [-0.39, 0.29) is 31.1 Å². The molecule has 0 spiro atoms. The van der Waals surface area contributed by atoms with Gasteiger partial charge in [-0.25, -0.2) is 0 Å². The maximum Gasteiger partial charge on any atom is 0.306 e. The second-order valence-corrected chi connectivity index (χ2v) is 18.8. The molecule has 6 heteroatoms. The van der Waals surface area contributed by atoms with Gasteiger partial charge in [0, 0.05) is 19.3 Å². The van der Waals surface area contributed by atoms with Gasteiger partial charge in [0.15, 0.2) is 6.10 Å². The summed E-state index contributed by atoms with van der Waals surface area (Å²) in [6, 6.07) is 0. The summed E-state index contributed by atoms with van der Waals surface area (Å²) in [4.78, 5) is 38.1. The van der Waals surface area contributed by atoms with Crippen LogP contribution < -0.4 is 0 Å². The highest BCUT2D eigenvalue weighted by atomic mass is 16.6. The fraction of sp³-hybridized carbons (Fsp3) is 0.754. The van der Waals surface area contributed by atoms with Crippen LogP contribution in [0, 0.1) is 0 Å². The quantitative estimate of drug-likeness (QED) is 0.0262. The van der Waals surface area contributed by atoms with Crippen LogP contribution in [-0.2, 0) is 28.6 Å². The number of unbranched alkanes of at least 4 members (excludes halogenated alkanes) is 28. The lowest BCUT2D eigenvalue weighted by molar-refractivity contribution is -0.167. The van der Waals surface area contributed by atoms with E-state index in [9.17, 15) is 14.4 Å². The number of allylic oxidation sites excluding steroid dienone is 12. The van der Waals surface area contributed by atoms with E-state index in [0.717, 1.165) is 96.3 Å². The lowest BCUT2D eigenvalue weighted by Crippen LogP contribution is -2.30. The molecule has 0 N–H and O–H groups in total. The third kappa shape index (κ3) is 53.7. The van der Waals surface area contributed by atoms with Gasteiger partial charge in [-0.15, -0.1) is 0 Å². The summed E-state index contributed by atoms with van der Waals surface area (Å²) in [6.07, 6.45) is 70.3. The second kappa shape index (κ2) is 55.4. The Hall–Kier alpha value is -3.15. The summed E-state index contributed by atoms with van der Waals surface area (Å²) in [7, 11) is 0. The van der Waals surface area contributed by atoms with Crippen molar-refractivity contribution in [2.75, 3.05) is 13.2 Å². The van der Waals surface area contributed by atoms with Crippen LogP contribution in [0.1, 0.15) is 278 Å². The Balaban J connectivity index is 4.39. The van der Waals surface area contributed by atoms with Gasteiger partial charge in [0.05, 0.1) is 0 Å². The minimum Gasteiger partial charge on any atom is -0.462 e. The molecular formula is C61H106O6. The zero-order valence-corrected chi connectivity index (χ0v) is 44.2. The van der Waals surface area contributed by atoms with Crippen LogP contribution in [0.4, 0.5) is 0 Å². The fourth-order valence-electron chi connectivity index (χ4n) is 7.93. The third-order valence-corrected chi connectivity index (χ3v) is 12.2. The van der Waals surface area contributed by atoms with Crippen LogP contribution in [-0.4, -0.2) is 37.2 Å². The Bertz CT molecular complexity index is 1260. The molecule has 0 rings (SSSR count). The minimum absolute atomic E-state index is 0.0847. The zero-order valence-electron chi connectivity index (χ0n) is 44.2. The van der Waals surface area contributed by atoms with E-state index >= 15 is 0 Å². The average molecular weight is 936 g/mol. The van der Waals surface area contributed by atoms with Crippen LogP contribution in [0.25, 0.3) is 0 Å². The Kier molecular flexibility index (Phi) is 52.8. The Morgan fingerprint density at radius 2 is 0.582 bits per heavy atom. The third-order valence-electron chi connectivity index (χ3n) is 12.2. The summed E-state index contributed by atoms with van der Waals surface area (Å²) in [5, 5.41) is 0. The summed E-state index contributed by atoms with van der Waals surface area (Å²) >= 11 is 0. The first-order valence-corrected chi connectivity index (χ1v) is 28.4. The van der Waals surface area contributed by atoms with Crippen molar-refractivity contribution in [2.24, 2.45) is 0 Å². The SMILES string of the molecule is CC/C=C\C/C=C\C/C=C\C/C=C\C/C=C\CCCCCC(=O)OCC(COC(=O)CCCCCCCCCCCCC)OC(=O)CCCCCCCCCCC/C=C\CCCCCCCC. The summed E-state index contributed by atoms with van der Waals surface area (Å²) in [5.74, 6) is -0.913. The number of hydrogen-bond donors (Lipinski definition) is 0. The molecule has 0 radical (unpaired) electrons. The molecule has 0 aliphatic carbocycles. The lowest BCUT2D eigenvalue weighted by atomic mass is 10.1. The van der Waals surface area contributed by atoms with Crippen LogP contribution >= 0.6 is 0 Å². The molecule has 1 unspecified atom stereocenters. The minimum atomic E-state index is -0.788. The van der Waals surface area contributed by atoms with Crippen molar-refractivity contribution >= 4 is 17.9 Å². The molecule has 0 fully saturated rings. The molecule has 1 atom stereocenters. The molecule has 0 amide bonds. The van der Waals surface area contributed by atoms with Crippen molar-refractivity contribution in [3.8, 4) is 0 Å². The Labute approximate surface area is 414 Å². The van der Waals surface area contributed by atoms with Crippen molar-refractivity contribution < 1.29 is 28.6 Å². The molecule has 0 aliphatic heterocycles. The van der Waals surface area contributed by atoms with Gasteiger partial charge in [-0.1, -0.05) is 241 Å². The molecule has 67 heavy (non-hydrogen) atoms. The second-order valence-electron chi connectivity index (χ2n) is 18.8. The van der Waals surface area contributed by atoms with Gasteiger partial charge < -0.3 is 14.2 Å². The maximum absolute atomic E-state index is 12.8. The standard InChI is InChI=1S/C61H106O6/c1-4-7-10-13-16-19-22-24-26-28-30-32-34-36-39-42-45-48-51-54-60(63)66-57-58(56-65-59(62)53-50-47-44-41-38-21-18-15-12-9-6-3)67-61(64)55-52-49-46-43-40-37-35-33-31-29-27-25-23-20-17-14-11-8-5-2/h7,10,16,19,24-27,30,32,36,39,58H,4-6,8-9,11-15,17-18,20-23,28-29,31,33-35,37-38,40-57H2,1-3H3/b10-7-,19-16-,26-24-,27-25-,32-30-,39-36-. The normalized spacial score (nSPS) is 12.6. The molecule has 0 aromatic heterocycles. The van der Waals surface area contributed by atoms with Crippen molar-refractivity contribution in [3.05, 3.63) is 72.9 Å². The van der Waals surface area contributed by atoms with Crippen LogP contribution in [0.2, 0.25) is 0 Å². The van der Waals surface area contributed by atoms with Gasteiger partial charge in [-0.3, -0.25) is 14.4 Å². The molecule has 0 saturated heterocycles. The zero-order chi connectivity index (χ0) is 48.6. The highest BCUT2D eigenvalue weighted by molar-refractivity contribution is 5.71. The topological polar surface area (TPSA) is 78.9 Å². The number of hydrogen-bond acceptors (Lipinski definition) is 6. The van der Waals surface area contributed by atoms with E-state index in [1.54, 1.807) is 0 Å². The number of esters is 3. The van der Waals surface area contributed by atoms with E-state index < -0.39 is 6.10 Å². The van der Waals surface area contributed by atoms with Crippen molar-refractivity contribution in [1.82, 2.24) is 0 Å². The first-order valence-electron chi connectivity index (χ1n) is 28.4. The van der Waals surface area contributed by atoms with Crippen LogP contribution in [0.5, 0.6) is 0 Å². The van der Waals surface area contributed by atoms with Gasteiger partial charge in [0.25, 0.3) is 0 Å². The molecule has 0 aromatic carbocycles. The van der Waals surface area contributed by atoms with Crippen molar-refractivity contribution in [3.63, 3.8) is 0 Å². The maximum atomic E-state index is 12.8. The van der Waals surface area contributed by atoms with E-state index in [2.05, 4.69) is 93.7 Å². The van der Waals surface area contributed by atoms with Gasteiger partial charge in [0.1, 0.15) is 13.2 Å². The first kappa shape index (κ1) is 63.8. The fourth-order valence-corrected chi connectivity index (χ4v) is 7.93. The molecular weight excluding hydrogens is 829 g/mol. The lowest BCUT2D eigenvalue weighted by Gasteiger charge is -2.18. The molecule has 0 bridgehead atoms. The summed E-state index contributed by atoms with van der Waals surface area (Å²) in [6.45, 7) is 6.50. The van der Waals surface area contributed by atoms with Gasteiger partial charge in [-0.2, -0.15) is 0 Å². The summed E-state index contributed by atoms with van der Waals surface area (Å²) < 4.78 is 16.8. The largest absolute Gasteiger partial charge is 0.462 e. The Morgan fingerprint density at radius 1 is 0.313 bits per heavy atom. The number of rotatable bonds is 51. The molecule has 6 nitrogen and oxygen atoms in total. The van der Waals surface area contributed by atoms with E-state index in [1.165, 1.54) is 141 Å². The predicted octanol–water partition coefficient (Wildman–Crippen LogP) is 19.0. The number of carbonyl (C=O) groups is 3. The molecule has 386 valence electrons. The number of ether oxygens (including phenoxy) is 3. The van der Waals surface area contributed by atoms with Crippen LogP contribution in [0.3, 0.4) is 0 Å². The average Bonchev–Trinajstić information content (AvgIpc) is 3.33. The van der Waals surface area contributed by atoms with Gasteiger partial charge in [0.2, 0.25) is 0 Å².